The van der Waals surface area contributed by atoms with E-state index in [1.165, 1.54) is 0 Å². The molecule has 1 aromatic heterocycles. The summed E-state index contributed by atoms with van der Waals surface area (Å²) in [5.74, 6) is 0.787. The Morgan fingerprint density at radius 2 is 2.00 bits per heavy atom. The first-order valence-electron chi connectivity index (χ1n) is 5.98. The van der Waals surface area contributed by atoms with Gasteiger partial charge in [0.1, 0.15) is 5.82 Å². The molecule has 0 fully saturated rings. The molecule has 0 aliphatic carbocycles. The quantitative estimate of drug-likeness (QED) is 0.692. The van der Waals surface area contributed by atoms with Gasteiger partial charge in [-0.3, -0.25) is 0 Å². The van der Waals surface area contributed by atoms with E-state index in [0.717, 1.165) is 11.5 Å². The Labute approximate surface area is 103 Å². The molecule has 5 nitrogen and oxygen atoms in total. The first-order chi connectivity index (χ1) is 8.26. The van der Waals surface area contributed by atoms with Crippen LogP contribution >= 0.6 is 0 Å². The van der Waals surface area contributed by atoms with Gasteiger partial charge < -0.3 is 14.8 Å². The molecule has 5 heteroatoms. The van der Waals surface area contributed by atoms with Gasteiger partial charge in [-0.05, 0) is 26.8 Å². The highest BCUT2D eigenvalue weighted by Gasteiger charge is 2.06. The first-order valence-corrected chi connectivity index (χ1v) is 5.98. The highest BCUT2D eigenvalue weighted by molar-refractivity contribution is 5.00. The molecule has 0 unspecified atom stereocenters. The highest BCUT2D eigenvalue weighted by Crippen LogP contribution is 1.96. The topological polar surface area (TPSA) is 56.3 Å². The molecule has 0 amide bonds. The predicted octanol–water partition coefficient (Wildman–Crippen LogP) is 1.27. The maximum atomic E-state index is 5.43. The number of aryl methyl sites for hydroxylation is 1. The molecule has 1 aromatic rings. The number of nitrogens with zero attached hydrogens (tertiary/aromatic N) is 2. The number of aromatic nitrogens is 2. The number of nitrogens with one attached hydrogen (secondary N) is 1. The van der Waals surface area contributed by atoms with Crippen molar-refractivity contribution in [3.8, 4) is 0 Å². The molecule has 1 heterocycles. The lowest BCUT2D eigenvalue weighted by Crippen LogP contribution is -2.31. The van der Waals surface area contributed by atoms with Crippen molar-refractivity contribution in [3.63, 3.8) is 0 Å². The molecule has 0 aliphatic heterocycles. The third-order valence-corrected chi connectivity index (χ3v) is 2.16. The predicted molar refractivity (Wildman–Crippen MR) is 65.5 cm³/mol. The van der Waals surface area contributed by atoms with Crippen LogP contribution in [0.5, 0.6) is 0 Å². The smallest absolute Gasteiger partial charge is 0.169 e. The fraction of sp³-hybridized carbons (Fsp3) is 0.667. The molecule has 96 valence electrons. The molecule has 17 heavy (non-hydrogen) atoms. The van der Waals surface area contributed by atoms with E-state index in [0.29, 0.717) is 26.3 Å². The van der Waals surface area contributed by atoms with Gasteiger partial charge in [-0.25, -0.2) is 9.97 Å². The molecule has 1 N–H and O–H groups in total. The minimum Gasteiger partial charge on any atom is -0.352 e. The van der Waals surface area contributed by atoms with Crippen LogP contribution in [0, 0.1) is 6.92 Å². The summed E-state index contributed by atoms with van der Waals surface area (Å²) in [7, 11) is 0. The van der Waals surface area contributed by atoms with Crippen LogP contribution in [0.15, 0.2) is 12.3 Å². The number of ether oxygens (including phenoxy) is 2. The van der Waals surface area contributed by atoms with Crippen molar-refractivity contribution in [2.45, 2.75) is 33.6 Å². The normalized spacial score (nSPS) is 11.1. The van der Waals surface area contributed by atoms with E-state index in [-0.39, 0.29) is 6.29 Å². The fourth-order valence-electron chi connectivity index (χ4n) is 1.46. The number of hydrogen-bond acceptors (Lipinski definition) is 5. The van der Waals surface area contributed by atoms with E-state index in [2.05, 4.69) is 15.3 Å². The van der Waals surface area contributed by atoms with Crippen LogP contribution in [-0.4, -0.2) is 36.0 Å². The van der Waals surface area contributed by atoms with Crippen molar-refractivity contribution in [1.29, 1.82) is 0 Å². The Morgan fingerprint density at radius 3 is 2.59 bits per heavy atom. The molecule has 0 aliphatic rings. The van der Waals surface area contributed by atoms with Gasteiger partial charge in [0.05, 0.1) is 5.69 Å². The summed E-state index contributed by atoms with van der Waals surface area (Å²) in [5, 5.41) is 3.26. The van der Waals surface area contributed by atoms with Crippen LogP contribution in [-0.2, 0) is 16.0 Å². The minimum absolute atomic E-state index is 0.187. The molecule has 0 spiro atoms. The van der Waals surface area contributed by atoms with Crippen LogP contribution in [0.1, 0.15) is 25.4 Å². The second kappa shape index (κ2) is 8.11. The highest BCUT2D eigenvalue weighted by atomic mass is 16.7. The van der Waals surface area contributed by atoms with Gasteiger partial charge in [-0.1, -0.05) is 0 Å². The van der Waals surface area contributed by atoms with E-state index >= 15 is 0 Å². The fourth-order valence-corrected chi connectivity index (χ4v) is 1.46. The zero-order valence-electron chi connectivity index (χ0n) is 10.8. The van der Waals surface area contributed by atoms with Crippen molar-refractivity contribution < 1.29 is 9.47 Å². The summed E-state index contributed by atoms with van der Waals surface area (Å²) in [4.78, 5) is 8.36. The van der Waals surface area contributed by atoms with Gasteiger partial charge in [-0.2, -0.15) is 0 Å². The average Bonchev–Trinajstić information content (AvgIpc) is 2.30. The lowest BCUT2D eigenvalue weighted by Gasteiger charge is -2.17. The van der Waals surface area contributed by atoms with Crippen molar-refractivity contribution in [2.24, 2.45) is 0 Å². The van der Waals surface area contributed by atoms with Crippen molar-refractivity contribution >= 4 is 0 Å². The van der Waals surface area contributed by atoms with Gasteiger partial charge in [0.25, 0.3) is 0 Å². The summed E-state index contributed by atoms with van der Waals surface area (Å²) in [6.07, 6.45) is 1.58. The summed E-state index contributed by atoms with van der Waals surface area (Å²) >= 11 is 0. The van der Waals surface area contributed by atoms with E-state index in [1.807, 2.05) is 26.8 Å². The van der Waals surface area contributed by atoms with Gasteiger partial charge in [0.2, 0.25) is 0 Å². The van der Waals surface area contributed by atoms with Crippen molar-refractivity contribution in [2.75, 3.05) is 19.8 Å². The lowest BCUT2D eigenvalue weighted by atomic mass is 10.4. The van der Waals surface area contributed by atoms with Crippen molar-refractivity contribution in [3.05, 3.63) is 23.8 Å². The van der Waals surface area contributed by atoms with Crippen LogP contribution in [0.4, 0.5) is 0 Å². The van der Waals surface area contributed by atoms with Crippen LogP contribution in [0.2, 0.25) is 0 Å². The molecule has 0 saturated carbocycles. The van der Waals surface area contributed by atoms with Crippen LogP contribution in [0.3, 0.4) is 0 Å². The largest absolute Gasteiger partial charge is 0.352 e. The Bertz CT molecular complexity index is 314. The maximum Gasteiger partial charge on any atom is 0.169 e. The summed E-state index contributed by atoms with van der Waals surface area (Å²) in [6, 6.07) is 1.90. The third-order valence-electron chi connectivity index (χ3n) is 2.16. The molecule has 0 radical (unpaired) electrons. The zero-order valence-corrected chi connectivity index (χ0v) is 10.8. The standard InChI is InChI=1S/C12H21N3O2/c1-4-16-12(17-5-2)9-13-8-11-6-7-14-10(3)15-11/h6-7,12-13H,4-5,8-9H2,1-3H3. The zero-order chi connectivity index (χ0) is 12.5. The molecular formula is C12H21N3O2. The second-order valence-corrected chi connectivity index (χ2v) is 3.57. The molecular weight excluding hydrogens is 218 g/mol. The SMILES string of the molecule is CCOC(CNCc1ccnc(C)n1)OCC. The Morgan fingerprint density at radius 1 is 1.29 bits per heavy atom. The molecule has 1 rings (SSSR count). The van der Waals surface area contributed by atoms with E-state index in [9.17, 15) is 0 Å². The molecule has 0 saturated heterocycles. The van der Waals surface area contributed by atoms with Gasteiger partial charge in [-0.15, -0.1) is 0 Å². The molecule has 0 aromatic carbocycles. The summed E-state index contributed by atoms with van der Waals surface area (Å²) in [5.41, 5.74) is 0.976. The second-order valence-electron chi connectivity index (χ2n) is 3.57. The minimum atomic E-state index is -0.187. The maximum absolute atomic E-state index is 5.43. The van der Waals surface area contributed by atoms with E-state index in [1.54, 1.807) is 6.20 Å². The third kappa shape index (κ3) is 5.72. The lowest BCUT2D eigenvalue weighted by molar-refractivity contribution is -0.133. The van der Waals surface area contributed by atoms with E-state index in [4.69, 9.17) is 9.47 Å². The average molecular weight is 239 g/mol. The summed E-state index contributed by atoms with van der Waals surface area (Å²) in [6.45, 7) is 8.45. The first kappa shape index (κ1) is 14.0. The Balaban J connectivity index is 2.30. The van der Waals surface area contributed by atoms with Gasteiger partial charge >= 0.3 is 0 Å². The Kier molecular flexibility index (Phi) is 6.69. The number of hydrogen-bond donors (Lipinski definition) is 1. The van der Waals surface area contributed by atoms with Gasteiger partial charge in [0, 0.05) is 32.5 Å². The van der Waals surface area contributed by atoms with Gasteiger partial charge in [0.15, 0.2) is 6.29 Å². The van der Waals surface area contributed by atoms with E-state index < -0.39 is 0 Å². The van der Waals surface area contributed by atoms with Crippen LogP contribution < -0.4 is 5.32 Å². The summed E-state index contributed by atoms with van der Waals surface area (Å²) < 4.78 is 10.9. The van der Waals surface area contributed by atoms with Crippen LogP contribution in [0.25, 0.3) is 0 Å². The Hall–Kier alpha value is -1.04. The molecule has 0 atom stereocenters. The number of rotatable bonds is 8. The molecule has 0 bridgehead atoms. The monoisotopic (exact) mass is 239 g/mol. The van der Waals surface area contributed by atoms with Crippen molar-refractivity contribution in [1.82, 2.24) is 15.3 Å².